The van der Waals surface area contributed by atoms with E-state index in [-0.39, 0.29) is 28.5 Å². The normalized spacial score (nSPS) is 13.9. The predicted octanol–water partition coefficient (Wildman–Crippen LogP) is 16.4. The number of imidazole rings is 1. The molecule has 0 unspecified atom stereocenters. The number of hydrogen-bond donors (Lipinski definition) is 0. The average molecular weight is 932 g/mol. The van der Waals surface area contributed by atoms with Gasteiger partial charge < -0.3 is 4.74 Å². The summed E-state index contributed by atoms with van der Waals surface area (Å²) in [6.07, 6.45) is 3.62. The summed E-state index contributed by atoms with van der Waals surface area (Å²) in [4.78, 5) is 4.85. The number of fused-ring (bicyclic) bond motifs is 4. The molecular weight excluding hydrogens is 865 g/mol. The van der Waals surface area contributed by atoms with Crippen molar-refractivity contribution < 1.29 is 18.9 Å². The summed E-state index contributed by atoms with van der Waals surface area (Å²) >= 11 is 0. The Morgan fingerprint density at radius 1 is 0.563 bits per heavy atom. The molecule has 0 amide bonds. The van der Waals surface area contributed by atoms with Crippen LogP contribution >= 0.6 is 0 Å². The Morgan fingerprint density at radius 3 is 1.96 bits per heavy atom. The van der Waals surface area contributed by atoms with Gasteiger partial charge in [0.15, 0.2) is 0 Å². The lowest BCUT2D eigenvalue weighted by molar-refractivity contribution is -0.571. The molecule has 0 aliphatic heterocycles. The second-order valence-electron chi connectivity index (χ2n) is 20.9. The molecule has 0 saturated carbocycles. The van der Waals surface area contributed by atoms with Crippen molar-refractivity contribution in [3.63, 3.8) is 0 Å². The summed E-state index contributed by atoms with van der Waals surface area (Å²) in [5.41, 5.74) is 9.48. The van der Waals surface area contributed by atoms with E-state index in [1.165, 1.54) is 0 Å². The topological polar surface area (TPSA) is 35.9 Å². The largest absolute Gasteiger partial charge is 0.458 e. The van der Waals surface area contributed by atoms with Crippen LogP contribution in [0.2, 0.25) is 0 Å². The summed E-state index contributed by atoms with van der Waals surface area (Å²) < 4.78 is 76.3. The fraction of sp³-hybridized carbons (Fsp3) is 0.182. The van der Waals surface area contributed by atoms with Gasteiger partial charge in [-0.1, -0.05) is 201 Å². The fourth-order valence-corrected chi connectivity index (χ4v) is 9.66. The average Bonchev–Trinajstić information content (AvgIpc) is 4.19. The van der Waals surface area contributed by atoms with Gasteiger partial charge in [0.25, 0.3) is 6.33 Å². The van der Waals surface area contributed by atoms with Crippen molar-refractivity contribution in [2.24, 2.45) is 0 Å². The Bertz CT molecular complexity index is 4100. The highest BCUT2D eigenvalue weighted by Crippen LogP contribution is 2.40. The molecule has 0 aliphatic rings. The first-order valence-electron chi connectivity index (χ1n) is 27.7. The maximum Gasteiger partial charge on any atom is 0.269 e. The smallest absolute Gasteiger partial charge is 0.269 e. The molecule has 0 bridgehead atoms. The van der Waals surface area contributed by atoms with Crippen molar-refractivity contribution in [1.82, 2.24) is 14.1 Å². The van der Waals surface area contributed by atoms with Gasteiger partial charge in [-0.05, 0) is 116 Å². The van der Waals surface area contributed by atoms with Gasteiger partial charge in [-0.15, -0.1) is 0 Å². The molecule has 0 N–H and O–H groups in total. The highest BCUT2D eigenvalue weighted by atomic mass is 16.5. The van der Waals surface area contributed by atoms with Crippen LogP contribution in [0.4, 0.5) is 0 Å². The maximum atomic E-state index is 9.53. The number of ether oxygens (including phenoxy) is 1. The minimum Gasteiger partial charge on any atom is -0.458 e. The van der Waals surface area contributed by atoms with Crippen LogP contribution in [0.15, 0.2) is 206 Å². The van der Waals surface area contributed by atoms with Gasteiger partial charge in [0.1, 0.15) is 17.3 Å². The molecule has 0 saturated heterocycles. The molecule has 350 valence electrons. The van der Waals surface area contributed by atoms with E-state index in [1.807, 2.05) is 150 Å². The highest BCUT2D eigenvalue weighted by Gasteiger charge is 2.26. The monoisotopic (exact) mass is 932 g/mol. The first kappa shape index (κ1) is 37.8. The fourth-order valence-electron chi connectivity index (χ4n) is 9.66. The van der Waals surface area contributed by atoms with E-state index in [2.05, 4.69) is 88.8 Å². The first-order chi connectivity index (χ1) is 37.0. The van der Waals surface area contributed by atoms with Crippen molar-refractivity contribution in [2.75, 3.05) is 0 Å². The van der Waals surface area contributed by atoms with Crippen LogP contribution in [0.1, 0.15) is 87.2 Å². The lowest BCUT2D eigenvalue weighted by Gasteiger charge is -2.27. The Kier molecular flexibility index (Phi) is 9.45. The molecular formula is C66H60N4O. The molecule has 71 heavy (non-hydrogen) atoms. The van der Waals surface area contributed by atoms with Crippen LogP contribution in [0.3, 0.4) is 0 Å². The quantitative estimate of drug-likeness (QED) is 0.101. The standard InChI is InChI=1S/C66H60N4O/c1-64(2,3)49-38-47(39-50(40-49)65(4,5)6)55-29-20-28-54(46-21-11-9-12-22-46)63(55)69-44-68(59-31-17-18-32-60(59)69)51-25-19-26-52(41-51)71-53-33-34-57-56-27-15-16-30-58(56)70(61(57)42-53)62-37-45(35-36-67-62)43-66(7,8)48-23-13-10-14-24-48/h9-42H,43H2,1-8H3/i9D,11D,12D,21D,22D,43D2. The molecule has 5 heteroatoms. The summed E-state index contributed by atoms with van der Waals surface area (Å²) in [6.45, 7) is 17.1. The molecule has 0 aliphatic carbocycles. The van der Waals surface area contributed by atoms with Crippen molar-refractivity contribution in [2.45, 2.75) is 78.0 Å². The zero-order valence-electron chi connectivity index (χ0n) is 48.4. The highest BCUT2D eigenvalue weighted by molar-refractivity contribution is 6.09. The van der Waals surface area contributed by atoms with Crippen LogP contribution in [-0.4, -0.2) is 14.1 Å². The number of hydrogen-bond acceptors (Lipinski definition) is 2. The second kappa shape index (κ2) is 17.7. The number of aromatic nitrogens is 4. The zero-order chi connectivity index (χ0) is 55.2. The van der Waals surface area contributed by atoms with Crippen LogP contribution < -0.4 is 9.30 Å². The lowest BCUT2D eigenvalue weighted by Crippen LogP contribution is -2.31. The Morgan fingerprint density at radius 2 is 1.21 bits per heavy atom. The number of para-hydroxylation sites is 4. The Labute approximate surface area is 428 Å². The zero-order valence-corrected chi connectivity index (χ0v) is 41.4. The SMILES string of the molecule is [2H]c1c([2H])c([2H])c(-c2cccc(-c3cc(C(C)(C)C)cc(C(C)(C)C)c3)c2-[n+]2[c-]n(-c3cccc(Oc4ccc5c6ccccc6n(-c6cc(C([2H])([2H])C(C)(C)c7ccccc7)ccn6)c5c4)c3)c3ccccc32)c([2H])c1[2H]. The summed E-state index contributed by atoms with van der Waals surface area (Å²) in [5, 5.41) is 2.02. The molecule has 11 rings (SSSR count). The van der Waals surface area contributed by atoms with E-state index in [1.54, 1.807) is 12.3 Å². The van der Waals surface area contributed by atoms with Crippen molar-refractivity contribution in [1.29, 1.82) is 0 Å². The Hall–Kier alpha value is -8.02. The molecule has 0 spiro atoms. The Balaban J connectivity index is 1.04. The molecule has 0 atom stereocenters. The summed E-state index contributed by atoms with van der Waals surface area (Å²) in [6, 6.07) is 53.9. The minimum atomic E-state index is -1.75. The number of rotatable bonds is 10. The van der Waals surface area contributed by atoms with E-state index in [4.69, 9.17) is 13.8 Å². The summed E-state index contributed by atoms with van der Waals surface area (Å²) in [5.74, 6) is 1.74. The van der Waals surface area contributed by atoms with Crippen LogP contribution in [0.5, 0.6) is 11.5 Å². The van der Waals surface area contributed by atoms with Crippen molar-refractivity contribution >= 4 is 32.8 Å². The predicted molar refractivity (Wildman–Crippen MR) is 294 cm³/mol. The van der Waals surface area contributed by atoms with Crippen LogP contribution in [0.25, 0.3) is 72.3 Å². The van der Waals surface area contributed by atoms with Crippen molar-refractivity contribution in [3.8, 4) is 50.9 Å². The summed E-state index contributed by atoms with van der Waals surface area (Å²) in [7, 11) is 0. The molecule has 0 radical (unpaired) electrons. The van der Waals surface area contributed by atoms with Gasteiger partial charge >= 0.3 is 0 Å². The van der Waals surface area contributed by atoms with E-state index in [0.29, 0.717) is 34.1 Å². The van der Waals surface area contributed by atoms with Gasteiger partial charge in [0.2, 0.25) is 0 Å². The van der Waals surface area contributed by atoms with Gasteiger partial charge in [-0.2, -0.15) is 0 Å². The molecule has 3 aromatic heterocycles. The van der Waals surface area contributed by atoms with Crippen LogP contribution in [-0.2, 0) is 22.6 Å². The molecule has 0 fully saturated rings. The van der Waals surface area contributed by atoms with Gasteiger partial charge in [0.05, 0.1) is 40.3 Å². The number of benzene rings is 8. The van der Waals surface area contributed by atoms with Gasteiger partial charge in [0, 0.05) is 25.8 Å². The number of pyridine rings is 1. The van der Waals surface area contributed by atoms with E-state index >= 15 is 0 Å². The van der Waals surface area contributed by atoms with E-state index in [0.717, 1.165) is 66.3 Å². The minimum absolute atomic E-state index is 0.0985. The number of nitrogens with zero attached hydrogens (tertiary/aromatic N) is 4. The maximum absolute atomic E-state index is 9.53. The molecule has 8 aromatic carbocycles. The second-order valence-corrected chi connectivity index (χ2v) is 20.9. The van der Waals surface area contributed by atoms with E-state index < -0.39 is 29.9 Å². The molecule has 11 aromatic rings. The van der Waals surface area contributed by atoms with Gasteiger partial charge in [-0.3, -0.25) is 13.7 Å². The lowest BCUT2D eigenvalue weighted by atomic mass is 9.78. The third kappa shape index (κ3) is 8.71. The molecule has 3 heterocycles. The molecule has 5 nitrogen and oxygen atoms in total. The first-order valence-corrected chi connectivity index (χ1v) is 24.2. The van der Waals surface area contributed by atoms with Crippen LogP contribution in [0, 0.1) is 6.33 Å². The van der Waals surface area contributed by atoms with Gasteiger partial charge in [-0.25, -0.2) is 4.98 Å². The van der Waals surface area contributed by atoms with E-state index in [9.17, 15) is 5.48 Å². The third-order valence-electron chi connectivity index (χ3n) is 13.5. The van der Waals surface area contributed by atoms with Crippen molar-refractivity contribution in [3.05, 3.63) is 235 Å². The third-order valence-corrected chi connectivity index (χ3v) is 13.5.